The zero-order valence-corrected chi connectivity index (χ0v) is 11.0. The van der Waals surface area contributed by atoms with Crippen molar-refractivity contribution in [3.05, 3.63) is 30.1 Å². The second-order valence-corrected chi connectivity index (χ2v) is 5.30. The molecule has 0 spiro atoms. The first-order valence-corrected chi connectivity index (χ1v) is 6.77. The number of ether oxygens (including phenoxy) is 1. The van der Waals surface area contributed by atoms with Crippen molar-refractivity contribution in [2.45, 2.75) is 25.1 Å². The lowest BCUT2D eigenvalue weighted by Crippen LogP contribution is -2.58. The van der Waals surface area contributed by atoms with Crippen molar-refractivity contribution < 1.29 is 4.74 Å². The molecule has 1 aromatic rings. The monoisotopic (exact) mass is 247 g/mol. The molecule has 18 heavy (non-hydrogen) atoms. The third-order valence-corrected chi connectivity index (χ3v) is 4.06. The predicted octanol–water partition coefficient (Wildman–Crippen LogP) is 0.986. The van der Waals surface area contributed by atoms with Gasteiger partial charge in [0.25, 0.3) is 0 Å². The van der Waals surface area contributed by atoms with Crippen LogP contribution in [0.15, 0.2) is 24.4 Å². The van der Waals surface area contributed by atoms with Gasteiger partial charge in [-0.05, 0) is 25.6 Å². The van der Waals surface area contributed by atoms with Crippen molar-refractivity contribution in [3.63, 3.8) is 0 Å². The first-order chi connectivity index (χ1) is 8.83. The van der Waals surface area contributed by atoms with Gasteiger partial charge in [0, 0.05) is 38.4 Å². The molecular formula is C14H21N3O. The summed E-state index contributed by atoms with van der Waals surface area (Å²) in [6, 6.07) is 6.69. The van der Waals surface area contributed by atoms with E-state index in [0.29, 0.717) is 12.1 Å². The Labute approximate surface area is 109 Å². The molecule has 0 amide bonds. The van der Waals surface area contributed by atoms with Gasteiger partial charge in [0.2, 0.25) is 0 Å². The first-order valence-electron chi connectivity index (χ1n) is 6.77. The molecule has 2 fully saturated rings. The third-order valence-electron chi connectivity index (χ3n) is 4.06. The number of piperidine rings is 1. The largest absolute Gasteiger partial charge is 0.375 e. The molecule has 98 valence electrons. The van der Waals surface area contributed by atoms with Gasteiger partial charge in [0.15, 0.2) is 0 Å². The molecule has 2 aliphatic heterocycles. The Bertz CT molecular complexity index is 384. The fourth-order valence-electron chi connectivity index (χ4n) is 2.97. The van der Waals surface area contributed by atoms with E-state index in [1.807, 2.05) is 12.3 Å². The second-order valence-electron chi connectivity index (χ2n) is 5.30. The van der Waals surface area contributed by atoms with Crippen molar-refractivity contribution in [1.29, 1.82) is 0 Å². The molecule has 3 heterocycles. The Morgan fingerprint density at radius 1 is 1.39 bits per heavy atom. The average Bonchev–Trinajstić information content (AvgIpc) is 2.41. The number of hydrogen-bond donors (Lipinski definition) is 0. The maximum Gasteiger partial charge on any atom is 0.0755 e. The molecule has 4 heteroatoms. The van der Waals surface area contributed by atoms with Crippen LogP contribution in [0.4, 0.5) is 0 Å². The van der Waals surface area contributed by atoms with E-state index in [2.05, 4.69) is 34.0 Å². The van der Waals surface area contributed by atoms with Gasteiger partial charge in [-0.15, -0.1) is 0 Å². The lowest BCUT2D eigenvalue weighted by molar-refractivity contribution is -0.0958. The van der Waals surface area contributed by atoms with Crippen LogP contribution in [0.1, 0.15) is 12.1 Å². The van der Waals surface area contributed by atoms with Crippen molar-refractivity contribution in [2.75, 3.05) is 33.3 Å². The van der Waals surface area contributed by atoms with E-state index in [9.17, 15) is 0 Å². The topological polar surface area (TPSA) is 28.6 Å². The summed E-state index contributed by atoms with van der Waals surface area (Å²) in [6.07, 6.45) is 3.45. The number of aromatic nitrogens is 1. The van der Waals surface area contributed by atoms with Gasteiger partial charge in [-0.1, -0.05) is 6.07 Å². The lowest BCUT2D eigenvalue weighted by atomic mass is 9.99. The van der Waals surface area contributed by atoms with E-state index in [1.165, 1.54) is 0 Å². The van der Waals surface area contributed by atoms with Gasteiger partial charge in [-0.2, -0.15) is 0 Å². The molecule has 0 saturated carbocycles. The van der Waals surface area contributed by atoms with Gasteiger partial charge in [-0.25, -0.2) is 0 Å². The summed E-state index contributed by atoms with van der Waals surface area (Å²) in [4.78, 5) is 9.35. The minimum Gasteiger partial charge on any atom is -0.375 e. The molecule has 0 radical (unpaired) electrons. The highest BCUT2D eigenvalue weighted by Gasteiger charge is 2.35. The van der Waals surface area contributed by atoms with Crippen LogP contribution in [-0.2, 0) is 11.3 Å². The lowest BCUT2D eigenvalue weighted by Gasteiger charge is -2.45. The highest BCUT2D eigenvalue weighted by Crippen LogP contribution is 2.22. The molecule has 0 aromatic carbocycles. The maximum absolute atomic E-state index is 5.87. The third kappa shape index (κ3) is 2.55. The van der Waals surface area contributed by atoms with Gasteiger partial charge >= 0.3 is 0 Å². The van der Waals surface area contributed by atoms with Gasteiger partial charge < -0.3 is 4.74 Å². The van der Waals surface area contributed by atoms with Crippen molar-refractivity contribution in [1.82, 2.24) is 14.8 Å². The molecule has 1 aromatic heterocycles. The summed E-state index contributed by atoms with van der Waals surface area (Å²) in [5.41, 5.74) is 1.16. The Kier molecular flexibility index (Phi) is 3.59. The molecule has 0 unspecified atom stereocenters. The highest BCUT2D eigenvalue weighted by atomic mass is 16.5. The Morgan fingerprint density at radius 2 is 2.33 bits per heavy atom. The number of nitrogens with zero attached hydrogens (tertiary/aromatic N) is 3. The van der Waals surface area contributed by atoms with Crippen LogP contribution in [0.2, 0.25) is 0 Å². The number of likely N-dealkylation sites (tertiary alicyclic amines) is 1. The number of pyridine rings is 1. The Hall–Kier alpha value is -0.970. The Morgan fingerprint density at radius 3 is 3.17 bits per heavy atom. The average molecular weight is 247 g/mol. The molecular weight excluding hydrogens is 226 g/mol. The maximum atomic E-state index is 5.87. The summed E-state index contributed by atoms with van der Waals surface area (Å²) in [5, 5.41) is 0. The fraction of sp³-hybridized carbons (Fsp3) is 0.643. The number of likely N-dealkylation sites (N-methyl/N-ethyl adjacent to an activating group) is 1. The number of morpholine rings is 1. The SMILES string of the molecule is CN1CCO[C@@H]2CCN(Cc3ccccn3)C[C@H]21. The van der Waals surface area contributed by atoms with Crippen LogP contribution in [0.5, 0.6) is 0 Å². The highest BCUT2D eigenvalue weighted by molar-refractivity contribution is 5.04. The van der Waals surface area contributed by atoms with Crippen molar-refractivity contribution in [3.8, 4) is 0 Å². The molecule has 2 aliphatic rings. The predicted molar refractivity (Wildman–Crippen MR) is 70.3 cm³/mol. The van der Waals surface area contributed by atoms with Crippen LogP contribution in [0.3, 0.4) is 0 Å². The van der Waals surface area contributed by atoms with Crippen LogP contribution in [0, 0.1) is 0 Å². The standard InChI is InChI=1S/C14H21N3O/c1-16-8-9-18-14-5-7-17(11-13(14)16)10-12-4-2-3-6-15-12/h2-4,6,13-14H,5,7-11H2,1H3/t13-,14-/m1/s1. The molecule has 0 bridgehead atoms. The van der Waals surface area contributed by atoms with E-state index < -0.39 is 0 Å². The minimum atomic E-state index is 0.434. The zero-order chi connectivity index (χ0) is 12.4. The van der Waals surface area contributed by atoms with E-state index in [4.69, 9.17) is 4.74 Å². The first kappa shape index (κ1) is 12.1. The molecule has 0 aliphatic carbocycles. The van der Waals surface area contributed by atoms with Crippen molar-refractivity contribution in [2.24, 2.45) is 0 Å². The summed E-state index contributed by atoms with van der Waals surface area (Å²) < 4.78 is 5.87. The minimum absolute atomic E-state index is 0.434. The number of fused-ring (bicyclic) bond motifs is 1. The van der Waals surface area contributed by atoms with Crippen LogP contribution >= 0.6 is 0 Å². The van der Waals surface area contributed by atoms with E-state index in [-0.39, 0.29) is 0 Å². The van der Waals surface area contributed by atoms with Crippen LogP contribution in [-0.4, -0.2) is 60.2 Å². The second kappa shape index (κ2) is 5.34. The Balaban J connectivity index is 1.62. The molecule has 2 atom stereocenters. The zero-order valence-electron chi connectivity index (χ0n) is 11.0. The smallest absolute Gasteiger partial charge is 0.0755 e. The van der Waals surface area contributed by atoms with Crippen molar-refractivity contribution >= 4 is 0 Å². The summed E-state index contributed by atoms with van der Waals surface area (Å²) >= 11 is 0. The summed E-state index contributed by atoms with van der Waals surface area (Å²) in [5.74, 6) is 0. The number of rotatable bonds is 2. The van der Waals surface area contributed by atoms with E-state index in [0.717, 1.165) is 44.9 Å². The molecule has 3 rings (SSSR count). The van der Waals surface area contributed by atoms with Gasteiger partial charge in [0.05, 0.1) is 18.4 Å². The van der Waals surface area contributed by atoms with E-state index in [1.54, 1.807) is 0 Å². The molecule has 2 saturated heterocycles. The fourth-order valence-corrected chi connectivity index (χ4v) is 2.97. The molecule has 0 N–H and O–H groups in total. The summed E-state index contributed by atoms with van der Waals surface area (Å²) in [6.45, 7) is 5.11. The molecule has 4 nitrogen and oxygen atoms in total. The number of hydrogen-bond acceptors (Lipinski definition) is 4. The van der Waals surface area contributed by atoms with Gasteiger partial charge in [-0.3, -0.25) is 14.8 Å². The summed E-state index contributed by atoms with van der Waals surface area (Å²) in [7, 11) is 2.21. The quantitative estimate of drug-likeness (QED) is 0.779. The van der Waals surface area contributed by atoms with Gasteiger partial charge in [0.1, 0.15) is 0 Å². The van der Waals surface area contributed by atoms with E-state index >= 15 is 0 Å². The van der Waals surface area contributed by atoms with Crippen LogP contribution < -0.4 is 0 Å². The van der Waals surface area contributed by atoms with Crippen LogP contribution in [0.25, 0.3) is 0 Å². The normalized spacial score (nSPS) is 30.1.